The molecule has 1 aliphatic carbocycles. The molecular formula is C7H3F11N2O. The number of carbonyl (C=O) groups excluding carboxylic acids is 1. The number of carbonyl (C=O) groups is 1. The monoisotopic (exact) mass is 340 g/mol. The SMILES string of the molecule is NNC(=O)C1(F)C(F)(F)C(F)(F)C(F)(F)C(F)(F)C1(F)F. The van der Waals surface area contributed by atoms with E-state index in [9.17, 15) is 53.1 Å². The van der Waals surface area contributed by atoms with Gasteiger partial charge in [-0.15, -0.1) is 0 Å². The highest BCUT2D eigenvalue weighted by Crippen LogP contribution is 2.69. The molecule has 3 N–H and O–H groups in total. The highest BCUT2D eigenvalue weighted by molar-refractivity contribution is 5.88. The van der Waals surface area contributed by atoms with E-state index in [0.717, 1.165) is 0 Å². The maximum Gasteiger partial charge on any atom is 0.384 e. The summed E-state index contributed by atoms with van der Waals surface area (Å²) in [4.78, 5) is 10.6. The lowest BCUT2D eigenvalue weighted by atomic mass is 9.72. The van der Waals surface area contributed by atoms with Gasteiger partial charge in [0.15, 0.2) is 0 Å². The first kappa shape index (κ1) is 17.7. The van der Waals surface area contributed by atoms with Crippen molar-refractivity contribution in [2.75, 3.05) is 0 Å². The molecule has 0 unspecified atom stereocenters. The Balaban J connectivity index is 3.87. The second kappa shape index (κ2) is 3.89. The summed E-state index contributed by atoms with van der Waals surface area (Å²) in [5.74, 6) is -35.9. The highest BCUT2D eigenvalue weighted by atomic mass is 19.4. The summed E-state index contributed by atoms with van der Waals surface area (Å²) in [6.07, 6.45) is 0. The molecule has 0 aromatic rings. The molecule has 14 heteroatoms. The quantitative estimate of drug-likeness (QED) is 0.331. The van der Waals surface area contributed by atoms with Crippen molar-refractivity contribution in [2.45, 2.75) is 35.3 Å². The van der Waals surface area contributed by atoms with Crippen LogP contribution >= 0.6 is 0 Å². The van der Waals surface area contributed by atoms with Crippen LogP contribution in [0.2, 0.25) is 0 Å². The van der Waals surface area contributed by atoms with Crippen molar-refractivity contribution in [1.29, 1.82) is 0 Å². The smallest absolute Gasteiger partial charge is 0.291 e. The van der Waals surface area contributed by atoms with E-state index in [1.54, 1.807) is 0 Å². The largest absolute Gasteiger partial charge is 0.384 e. The first-order chi connectivity index (χ1) is 8.98. The lowest BCUT2D eigenvalue weighted by Gasteiger charge is -2.51. The molecule has 1 amide bonds. The van der Waals surface area contributed by atoms with Crippen LogP contribution < -0.4 is 11.3 Å². The van der Waals surface area contributed by atoms with E-state index in [1.165, 1.54) is 0 Å². The zero-order valence-corrected chi connectivity index (χ0v) is 9.14. The Morgan fingerprint density at radius 1 is 0.619 bits per heavy atom. The first-order valence-corrected chi connectivity index (χ1v) is 4.57. The number of alkyl halides is 11. The van der Waals surface area contributed by atoms with Gasteiger partial charge in [-0.3, -0.25) is 10.2 Å². The van der Waals surface area contributed by atoms with Crippen molar-refractivity contribution in [3.05, 3.63) is 0 Å². The van der Waals surface area contributed by atoms with Crippen LogP contribution in [0.1, 0.15) is 0 Å². The molecule has 0 radical (unpaired) electrons. The topological polar surface area (TPSA) is 55.1 Å². The molecule has 1 aliphatic rings. The highest BCUT2D eigenvalue weighted by Gasteiger charge is 3.02. The molecule has 0 bridgehead atoms. The molecule has 0 aliphatic heterocycles. The van der Waals surface area contributed by atoms with E-state index in [2.05, 4.69) is 5.84 Å². The Hall–Kier alpha value is -1.34. The third-order valence-corrected chi connectivity index (χ3v) is 2.89. The van der Waals surface area contributed by atoms with Gasteiger partial charge in [-0.05, 0) is 0 Å². The van der Waals surface area contributed by atoms with Gasteiger partial charge in [-0.2, -0.15) is 43.9 Å². The number of amides is 1. The van der Waals surface area contributed by atoms with Gasteiger partial charge in [-0.1, -0.05) is 0 Å². The van der Waals surface area contributed by atoms with E-state index >= 15 is 0 Å². The summed E-state index contributed by atoms with van der Waals surface area (Å²) in [6, 6.07) is 0. The Morgan fingerprint density at radius 2 is 0.857 bits per heavy atom. The first-order valence-electron chi connectivity index (χ1n) is 4.57. The van der Waals surface area contributed by atoms with Crippen molar-refractivity contribution in [2.24, 2.45) is 5.84 Å². The lowest BCUT2D eigenvalue weighted by molar-refractivity contribution is -0.476. The van der Waals surface area contributed by atoms with E-state index in [0.29, 0.717) is 0 Å². The van der Waals surface area contributed by atoms with Crippen LogP contribution in [-0.4, -0.2) is 41.2 Å². The second-order valence-corrected chi connectivity index (χ2v) is 4.00. The van der Waals surface area contributed by atoms with Gasteiger partial charge in [0.05, 0.1) is 0 Å². The zero-order chi connectivity index (χ0) is 17.3. The Kier molecular flexibility index (Phi) is 3.28. The molecule has 0 spiro atoms. The van der Waals surface area contributed by atoms with Crippen molar-refractivity contribution < 1.29 is 53.1 Å². The fraction of sp³-hybridized carbons (Fsp3) is 0.857. The molecule has 0 atom stereocenters. The van der Waals surface area contributed by atoms with Crippen LogP contribution in [0.5, 0.6) is 0 Å². The number of hydrogen-bond acceptors (Lipinski definition) is 2. The predicted octanol–water partition coefficient (Wildman–Crippen LogP) is 1.87. The fourth-order valence-corrected chi connectivity index (χ4v) is 1.61. The molecule has 0 aromatic heterocycles. The summed E-state index contributed by atoms with van der Waals surface area (Å²) >= 11 is 0. The second-order valence-electron chi connectivity index (χ2n) is 4.00. The van der Waals surface area contributed by atoms with Gasteiger partial charge in [0.1, 0.15) is 0 Å². The molecule has 0 heterocycles. The minimum atomic E-state index is -7.35. The maximum absolute atomic E-state index is 13.6. The maximum atomic E-state index is 13.6. The fourth-order valence-electron chi connectivity index (χ4n) is 1.61. The molecule has 1 fully saturated rings. The summed E-state index contributed by atoms with van der Waals surface area (Å²) in [6.45, 7) is 0. The van der Waals surface area contributed by atoms with Gasteiger partial charge in [0.25, 0.3) is 5.91 Å². The molecule has 3 nitrogen and oxygen atoms in total. The normalized spacial score (nSPS) is 30.5. The van der Waals surface area contributed by atoms with Gasteiger partial charge in [0.2, 0.25) is 0 Å². The predicted molar refractivity (Wildman–Crippen MR) is 40.9 cm³/mol. The molecule has 0 aromatic carbocycles. The minimum Gasteiger partial charge on any atom is -0.291 e. The molecular weight excluding hydrogens is 337 g/mol. The Morgan fingerprint density at radius 3 is 1.10 bits per heavy atom. The summed E-state index contributed by atoms with van der Waals surface area (Å²) in [5.41, 5.74) is -6.51. The molecule has 1 rings (SSSR count). The van der Waals surface area contributed by atoms with Gasteiger partial charge >= 0.3 is 35.3 Å². The summed E-state index contributed by atoms with van der Waals surface area (Å²) in [7, 11) is 0. The number of rotatable bonds is 1. The van der Waals surface area contributed by atoms with E-state index in [4.69, 9.17) is 0 Å². The number of hydrazine groups is 1. The van der Waals surface area contributed by atoms with Crippen molar-refractivity contribution in [3.8, 4) is 0 Å². The number of nitrogens with two attached hydrogens (primary N) is 1. The lowest BCUT2D eigenvalue weighted by Crippen LogP contribution is -2.86. The summed E-state index contributed by atoms with van der Waals surface area (Å²) < 4.78 is 142. The van der Waals surface area contributed by atoms with Crippen LogP contribution in [0.3, 0.4) is 0 Å². The van der Waals surface area contributed by atoms with Crippen LogP contribution in [0.15, 0.2) is 0 Å². The van der Waals surface area contributed by atoms with Crippen molar-refractivity contribution in [3.63, 3.8) is 0 Å². The van der Waals surface area contributed by atoms with Crippen molar-refractivity contribution >= 4 is 5.91 Å². The zero-order valence-electron chi connectivity index (χ0n) is 9.14. The average molecular weight is 340 g/mol. The Labute approximate surface area is 107 Å². The average Bonchev–Trinajstić information content (AvgIpc) is 2.34. The van der Waals surface area contributed by atoms with Crippen LogP contribution in [0.4, 0.5) is 48.3 Å². The van der Waals surface area contributed by atoms with E-state index < -0.39 is 41.2 Å². The van der Waals surface area contributed by atoms with Crippen LogP contribution in [-0.2, 0) is 4.79 Å². The van der Waals surface area contributed by atoms with Gasteiger partial charge in [-0.25, -0.2) is 10.2 Å². The Bertz CT molecular complexity index is 443. The summed E-state index contributed by atoms with van der Waals surface area (Å²) in [5, 5.41) is 0. The van der Waals surface area contributed by atoms with Gasteiger partial charge < -0.3 is 0 Å². The number of halogens is 11. The third-order valence-electron chi connectivity index (χ3n) is 2.89. The van der Waals surface area contributed by atoms with E-state index in [-0.39, 0.29) is 5.43 Å². The third kappa shape index (κ3) is 1.41. The molecule has 1 saturated carbocycles. The van der Waals surface area contributed by atoms with Crippen LogP contribution in [0, 0.1) is 0 Å². The molecule has 124 valence electrons. The standard InChI is InChI=1S/C7H3F11N2O/c8-2(1(21)20-19)3(9,10)5(13,14)7(17,18)6(15,16)4(2,11)12/h19H2,(H,20,21). The number of hydrogen-bond donors (Lipinski definition) is 2. The minimum absolute atomic E-state index is 0.204. The van der Waals surface area contributed by atoms with Gasteiger partial charge in [0, 0.05) is 0 Å². The van der Waals surface area contributed by atoms with Crippen molar-refractivity contribution in [1.82, 2.24) is 5.43 Å². The number of nitrogens with one attached hydrogen (secondary N) is 1. The molecule has 0 saturated heterocycles. The van der Waals surface area contributed by atoms with E-state index in [1.807, 2.05) is 0 Å². The van der Waals surface area contributed by atoms with Crippen LogP contribution in [0.25, 0.3) is 0 Å². The molecule has 21 heavy (non-hydrogen) atoms.